The fraction of sp³-hybridized carbons (Fsp3) is 0.0769. The average molecular weight is 343 g/mol. The molecule has 0 saturated carbocycles. The lowest BCUT2D eigenvalue weighted by atomic mass is 10.2. The lowest BCUT2D eigenvalue weighted by molar-refractivity contribution is -0.141. The minimum absolute atomic E-state index is 0.00589. The molecular formula is C13H6ClF3N4O2. The zero-order valence-corrected chi connectivity index (χ0v) is 11.8. The summed E-state index contributed by atoms with van der Waals surface area (Å²) < 4.78 is 38.6. The number of carboxylic acid groups (broad SMARTS) is 1. The monoisotopic (exact) mass is 342 g/mol. The summed E-state index contributed by atoms with van der Waals surface area (Å²) in [7, 11) is 0. The number of nitrogens with one attached hydrogen (secondary N) is 1. The van der Waals surface area contributed by atoms with Crippen molar-refractivity contribution in [3.8, 4) is 6.07 Å². The van der Waals surface area contributed by atoms with E-state index in [1.54, 1.807) is 6.07 Å². The lowest BCUT2D eigenvalue weighted by Gasteiger charge is -2.12. The Morgan fingerprint density at radius 2 is 2.09 bits per heavy atom. The van der Waals surface area contributed by atoms with Crippen molar-refractivity contribution in [2.45, 2.75) is 6.18 Å². The van der Waals surface area contributed by atoms with Gasteiger partial charge in [-0.2, -0.15) is 18.4 Å². The molecule has 0 radical (unpaired) electrons. The van der Waals surface area contributed by atoms with Crippen molar-refractivity contribution in [1.29, 1.82) is 5.26 Å². The second kappa shape index (κ2) is 6.10. The van der Waals surface area contributed by atoms with E-state index in [9.17, 15) is 18.0 Å². The highest BCUT2D eigenvalue weighted by molar-refractivity contribution is 6.32. The molecule has 10 heteroatoms. The largest absolute Gasteiger partial charge is 0.478 e. The molecule has 0 aliphatic rings. The molecule has 118 valence electrons. The van der Waals surface area contributed by atoms with Crippen molar-refractivity contribution in [1.82, 2.24) is 9.97 Å². The maximum absolute atomic E-state index is 12.9. The van der Waals surface area contributed by atoms with E-state index in [0.29, 0.717) is 6.20 Å². The van der Waals surface area contributed by atoms with Crippen LogP contribution in [0.4, 0.5) is 24.8 Å². The zero-order chi connectivity index (χ0) is 17.2. The van der Waals surface area contributed by atoms with Gasteiger partial charge in [-0.05, 0) is 12.1 Å². The SMILES string of the molecule is N#Cc1c(Cl)cccc1Nc1ncc(C(=O)O)c(C(F)(F)F)n1. The molecule has 0 spiro atoms. The number of anilines is 2. The molecule has 0 aliphatic carbocycles. The summed E-state index contributed by atoms with van der Waals surface area (Å²) in [5, 5.41) is 20.3. The molecule has 6 nitrogen and oxygen atoms in total. The second-order valence-electron chi connectivity index (χ2n) is 4.16. The van der Waals surface area contributed by atoms with Gasteiger partial charge in [0.1, 0.15) is 11.6 Å². The second-order valence-corrected chi connectivity index (χ2v) is 4.57. The molecule has 0 saturated heterocycles. The van der Waals surface area contributed by atoms with Gasteiger partial charge in [0.15, 0.2) is 5.69 Å². The summed E-state index contributed by atoms with van der Waals surface area (Å²) in [5.41, 5.74) is -2.58. The number of carboxylic acids is 1. The van der Waals surface area contributed by atoms with Crippen molar-refractivity contribution in [3.05, 3.63) is 46.2 Å². The summed E-state index contributed by atoms with van der Waals surface area (Å²) in [6, 6.07) is 6.09. The molecule has 0 bridgehead atoms. The van der Waals surface area contributed by atoms with E-state index in [1.807, 2.05) is 0 Å². The predicted octanol–water partition coefficient (Wildman–Crippen LogP) is 3.46. The van der Waals surface area contributed by atoms with Gasteiger partial charge in [0.05, 0.1) is 16.3 Å². The Balaban J connectivity index is 2.49. The fourth-order valence-corrected chi connectivity index (χ4v) is 1.89. The number of benzene rings is 1. The highest BCUT2D eigenvalue weighted by atomic mass is 35.5. The van der Waals surface area contributed by atoms with Gasteiger partial charge in [-0.15, -0.1) is 0 Å². The smallest absolute Gasteiger partial charge is 0.434 e. The van der Waals surface area contributed by atoms with Gasteiger partial charge < -0.3 is 10.4 Å². The predicted molar refractivity (Wildman–Crippen MR) is 73.4 cm³/mol. The normalized spacial score (nSPS) is 10.9. The molecule has 0 aliphatic heterocycles. The molecule has 0 fully saturated rings. The minimum Gasteiger partial charge on any atom is -0.478 e. The van der Waals surface area contributed by atoms with Crippen molar-refractivity contribution >= 4 is 29.2 Å². The van der Waals surface area contributed by atoms with Gasteiger partial charge in [-0.25, -0.2) is 14.8 Å². The van der Waals surface area contributed by atoms with Crippen LogP contribution in [0.5, 0.6) is 0 Å². The minimum atomic E-state index is -4.97. The van der Waals surface area contributed by atoms with Crippen LogP contribution < -0.4 is 5.32 Å². The Morgan fingerprint density at radius 1 is 1.39 bits per heavy atom. The van der Waals surface area contributed by atoms with Crippen molar-refractivity contribution in [2.75, 3.05) is 5.32 Å². The molecule has 23 heavy (non-hydrogen) atoms. The van der Waals surface area contributed by atoms with Crippen LogP contribution in [0.3, 0.4) is 0 Å². The first-order valence-corrected chi connectivity index (χ1v) is 6.25. The Morgan fingerprint density at radius 3 is 2.65 bits per heavy atom. The number of aromatic carboxylic acids is 1. The number of nitrogens with zero attached hydrogens (tertiary/aromatic N) is 3. The van der Waals surface area contributed by atoms with Crippen LogP contribution in [0.25, 0.3) is 0 Å². The topological polar surface area (TPSA) is 98.9 Å². The number of carbonyl (C=O) groups is 1. The van der Waals surface area contributed by atoms with Crippen molar-refractivity contribution in [3.63, 3.8) is 0 Å². The number of alkyl halides is 3. The van der Waals surface area contributed by atoms with Crippen LogP contribution in [0.2, 0.25) is 5.02 Å². The van der Waals surface area contributed by atoms with Crippen LogP contribution in [-0.2, 0) is 6.18 Å². The Labute approximate surface area is 132 Å². The van der Waals surface area contributed by atoms with E-state index in [0.717, 1.165) is 0 Å². The third-order valence-corrected chi connectivity index (χ3v) is 2.97. The third kappa shape index (κ3) is 3.49. The Kier molecular flexibility index (Phi) is 4.38. The van der Waals surface area contributed by atoms with E-state index in [1.165, 1.54) is 18.2 Å². The first kappa shape index (κ1) is 16.5. The zero-order valence-electron chi connectivity index (χ0n) is 11.0. The van der Waals surface area contributed by atoms with Crippen LogP contribution in [0.15, 0.2) is 24.4 Å². The van der Waals surface area contributed by atoms with Crippen LogP contribution in [-0.4, -0.2) is 21.0 Å². The summed E-state index contributed by atoms with van der Waals surface area (Å²) in [6.45, 7) is 0. The summed E-state index contributed by atoms with van der Waals surface area (Å²) in [5.74, 6) is -2.31. The number of nitriles is 1. The van der Waals surface area contributed by atoms with Gasteiger partial charge in [0.2, 0.25) is 5.95 Å². The molecule has 1 aromatic heterocycles. The number of hydrogen-bond acceptors (Lipinski definition) is 5. The van der Waals surface area contributed by atoms with Gasteiger partial charge >= 0.3 is 12.1 Å². The molecular weight excluding hydrogens is 337 g/mol. The maximum Gasteiger partial charge on any atom is 0.434 e. The Hall–Kier alpha value is -2.86. The number of aromatic nitrogens is 2. The van der Waals surface area contributed by atoms with E-state index in [4.69, 9.17) is 22.0 Å². The molecule has 2 N–H and O–H groups in total. The first-order chi connectivity index (χ1) is 10.7. The van der Waals surface area contributed by atoms with Crippen LogP contribution >= 0.6 is 11.6 Å². The molecule has 0 atom stereocenters. The van der Waals surface area contributed by atoms with Gasteiger partial charge in [-0.3, -0.25) is 0 Å². The third-order valence-electron chi connectivity index (χ3n) is 2.66. The summed E-state index contributed by atoms with van der Waals surface area (Å²) in [4.78, 5) is 17.5. The van der Waals surface area contributed by atoms with E-state index in [-0.39, 0.29) is 16.3 Å². The van der Waals surface area contributed by atoms with Crippen LogP contribution in [0.1, 0.15) is 21.6 Å². The number of hydrogen-bond donors (Lipinski definition) is 2. The highest BCUT2D eigenvalue weighted by Gasteiger charge is 2.38. The molecule has 0 unspecified atom stereocenters. The molecule has 1 heterocycles. The molecule has 1 aromatic carbocycles. The van der Waals surface area contributed by atoms with E-state index < -0.39 is 29.4 Å². The highest BCUT2D eigenvalue weighted by Crippen LogP contribution is 2.32. The van der Waals surface area contributed by atoms with E-state index >= 15 is 0 Å². The lowest BCUT2D eigenvalue weighted by Crippen LogP contribution is -2.17. The molecule has 2 aromatic rings. The average Bonchev–Trinajstić information content (AvgIpc) is 2.46. The molecule has 2 rings (SSSR count). The maximum atomic E-state index is 12.9. The van der Waals surface area contributed by atoms with Gasteiger partial charge in [0.25, 0.3) is 0 Å². The van der Waals surface area contributed by atoms with E-state index in [2.05, 4.69) is 15.3 Å². The van der Waals surface area contributed by atoms with Gasteiger partial charge in [0, 0.05) is 6.20 Å². The quantitative estimate of drug-likeness (QED) is 0.886. The van der Waals surface area contributed by atoms with Gasteiger partial charge in [-0.1, -0.05) is 17.7 Å². The first-order valence-electron chi connectivity index (χ1n) is 5.87. The van der Waals surface area contributed by atoms with Crippen molar-refractivity contribution < 1.29 is 23.1 Å². The van der Waals surface area contributed by atoms with Crippen molar-refractivity contribution in [2.24, 2.45) is 0 Å². The molecule has 0 amide bonds. The fourth-order valence-electron chi connectivity index (χ4n) is 1.68. The Bertz CT molecular complexity index is 818. The van der Waals surface area contributed by atoms with Crippen LogP contribution in [0, 0.1) is 11.3 Å². The summed E-state index contributed by atoms with van der Waals surface area (Å²) in [6.07, 6.45) is -4.43. The number of rotatable bonds is 3. The number of halogens is 4. The standard InChI is InChI=1S/C13H6ClF3N4O2/c14-8-2-1-3-9(6(8)4-18)20-12-19-5-7(11(22)23)10(21-12)13(15,16)17/h1-3,5H,(H,22,23)(H,19,20,21). The summed E-state index contributed by atoms with van der Waals surface area (Å²) >= 11 is 5.81.